The molecular formula is C9H10FNO4. The third-order valence-electron chi connectivity index (χ3n) is 1.94. The average Bonchev–Trinajstić information content (AvgIpc) is 2.20. The van der Waals surface area contributed by atoms with E-state index in [4.69, 9.17) is 15.9 Å². The number of nitrogens with two attached hydrogens (primary N) is 1. The lowest BCUT2D eigenvalue weighted by Crippen LogP contribution is -2.16. The van der Waals surface area contributed by atoms with Gasteiger partial charge in [0.1, 0.15) is 0 Å². The van der Waals surface area contributed by atoms with Crippen molar-refractivity contribution in [2.24, 2.45) is 5.73 Å². The van der Waals surface area contributed by atoms with Gasteiger partial charge >= 0.3 is 5.97 Å². The van der Waals surface area contributed by atoms with Crippen molar-refractivity contribution in [2.45, 2.75) is 6.04 Å². The number of carboxylic acids is 1. The largest absolute Gasteiger partial charge is 0.505 e. The maximum Gasteiger partial charge on any atom is 0.335 e. The van der Waals surface area contributed by atoms with Crippen LogP contribution in [0.1, 0.15) is 22.0 Å². The number of aliphatic hydroxyl groups is 1. The minimum atomic E-state index is -1.33. The number of benzene rings is 1. The van der Waals surface area contributed by atoms with Crippen molar-refractivity contribution < 1.29 is 24.5 Å². The zero-order valence-corrected chi connectivity index (χ0v) is 7.64. The van der Waals surface area contributed by atoms with Crippen LogP contribution in [0.25, 0.3) is 0 Å². The van der Waals surface area contributed by atoms with Crippen LogP contribution in [0.3, 0.4) is 0 Å². The minimum absolute atomic E-state index is 0.130. The maximum atomic E-state index is 13.0. The molecule has 0 heterocycles. The molecule has 0 saturated heterocycles. The molecule has 0 fully saturated rings. The summed E-state index contributed by atoms with van der Waals surface area (Å²) in [7, 11) is 0. The van der Waals surface area contributed by atoms with E-state index in [0.29, 0.717) is 6.07 Å². The summed E-state index contributed by atoms with van der Waals surface area (Å²) in [5.74, 6) is -3.14. The Hall–Kier alpha value is -1.66. The van der Waals surface area contributed by atoms with Crippen molar-refractivity contribution in [3.05, 3.63) is 29.1 Å². The molecular weight excluding hydrogens is 205 g/mol. The van der Waals surface area contributed by atoms with Crippen LogP contribution in [0, 0.1) is 5.82 Å². The Kier molecular flexibility index (Phi) is 3.23. The van der Waals surface area contributed by atoms with Crippen molar-refractivity contribution in [3.63, 3.8) is 0 Å². The van der Waals surface area contributed by atoms with Crippen LogP contribution in [0.2, 0.25) is 0 Å². The van der Waals surface area contributed by atoms with Crippen molar-refractivity contribution >= 4 is 5.97 Å². The van der Waals surface area contributed by atoms with Gasteiger partial charge < -0.3 is 21.1 Å². The van der Waals surface area contributed by atoms with Gasteiger partial charge in [-0.15, -0.1) is 0 Å². The van der Waals surface area contributed by atoms with E-state index in [2.05, 4.69) is 0 Å². The minimum Gasteiger partial charge on any atom is -0.505 e. The van der Waals surface area contributed by atoms with Gasteiger partial charge in [0.05, 0.1) is 18.2 Å². The number of rotatable bonds is 3. The van der Waals surface area contributed by atoms with Crippen LogP contribution in [-0.4, -0.2) is 27.9 Å². The third kappa shape index (κ3) is 2.23. The number of carbonyl (C=O) groups is 1. The Morgan fingerprint density at radius 1 is 1.53 bits per heavy atom. The number of aliphatic hydroxyl groups excluding tert-OH is 1. The standard InChI is InChI=1S/C9H10FNO4/c10-6-2-4(9(14)15)1-5(8(6)13)7(11)3-12/h1-2,7,12-13H,3,11H2,(H,14,15)/t7-/m0/s1. The number of carboxylic acid groups (broad SMARTS) is 1. The van der Waals surface area contributed by atoms with Crippen LogP contribution in [0.5, 0.6) is 5.75 Å². The van der Waals surface area contributed by atoms with Gasteiger partial charge in [0.25, 0.3) is 0 Å². The lowest BCUT2D eigenvalue weighted by molar-refractivity contribution is 0.0696. The number of hydrogen-bond acceptors (Lipinski definition) is 4. The van der Waals surface area contributed by atoms with Crippen molar-refractivity contribution in [1.82, 2.24) is 0 Å². The molecule has 0 unspecified atom stereocenters. The molecule has 0 aliphatic heterocycles. The highest BCUT2D eigenvalue weighted by molar-refractivity contribution is 5.88. The van der Waals surface area contributed by atoms with Gasteiger partial charge in [0.15, 0.2) is 11.6 Å². The molecule has 5 N–H and O–H groups in total. The highest BCUT2D eigenvalue weighted by Gasteiger charge is 2.17. The van der Waals surface area contributed by atoms with E-state index in [1.165, 1.54) is 0 Å². The third-order valence-corrected chi connectivity index (χ3v) is 1.94. The summed E-state index contributed by atoms with van der Waals surface area (Å²) in [6, 6.07) is 0.700. The number of aromatic hydroxyl groups is 1. The zero-order valence-electron chi connectivity index (χ0n) is 7.64. The fraction of sp³-hybridized carbons (Fsp3) is 0.222. The smallest absolute Gasteiger partial charge is 0.335 e. The number of hydrogen-bond donors (Lipinski definition) is 4. The van der Waals surface area contributed by atoms with Gasteiger partial charge in [-0.25, -0.2) is 9.18 Å². The molecule has 1 aromatic rings. The summed E-state index contributed by atoms with van der Waals surface area (Å²) >= 11 is 0. The van der Waals surface area contributed by atoms with Crippen molar-refractivity contribution in [1.29, 1.82) is 0 Å². The fourth-order valence-electron chi connectivity index (χ4n) is 1.12. The number of phenols is 1. The predicted molar refractivity (Wildman–Crippen MR) is 49.0 cm³/mol. The van der Waals surface area contributed by atoms with E-state index in [-0.39, 0.29) is 11.1 Å². The second kappa shape index (κ2) is 4.24. The Bertz CT molecular complexity index is 394. The first-order chi connectivity index (χ1) is 6.97. The summed E-state index contributed by atoms with van der Waals surface area (Å²) in [4.78, 5) is 10.6. The molecule has 0 aliphatic carbocycles. The van der Waals surface area contributed by atoms with Gasteiger partial charge in [0.2, 0.25) is 0 Å². The number of halogens is 1. The first-order valence-corrected chi connectivity index (χ1v) is 4.09. The molecule has 0 bridgehead atoms. The summed E-state index contributed by atoms with van der Waals surface area (Å²) in [6.07, 6.45) is 0. The Morgan fingerprint density at radius 3 is 2.60 bits per heavy atom. The molecule has 1 aromatic carbocycles. The molecule has 5 nitrogen and oxygen atoms in total. The molecule has 0 aliphatic rings. The van der Waals surface area contributed by atoms with Crippen molar-refractivity contribution in [2.75, 3.05) is 6.61 Å². The SMILES string of the molecule is N[C@@H](CO)c1cc(C(=O)O)cc(F)c1O. The highest BCUT2D eigenvalue weighted by atomic mass is 19.1. The highest BCUT2D eigenvalue weighted by Crippen LogP contribution is 2.27. The second-order valence-electron chi connectivity index (χ2n) is 2.99. The topological polar surface area (TPSA) is 104 Å². The van der Waals surface area contributed by atoms with E-state index in [1.807, 2.05) is 0 Å². The van der Waals surface area contributed by atoms with E-state index in [9.17, 15) is 14.3 Å². The first kappa shape index (κ1) is 11.4. The molecule has 1 atom stereocenters. The van der Waals surface area contributed by atoms with Crippen LogP contribution in [-0.2, 0) is 0 Å². The van der Waals surface area contributed by atoms with Crippen molar-refractivity contribution in [3.8, 4) is 5.75 Å². The molecule has 1 rings (SSSR count). The van der Waals surface area contributed by atoms with E-state index < -0.39 is 30.2 Å². The summed E-state index contributed by atoms with van der Waals surface area (Å²) < 4.78 is 13.0. The van der Waals surface area contributed by atoms with Gasteiger partial charge in [-0.3, -0.25) is 0 Å². The number of phenolic OH excluding ortho intramolecular Hbond substituents is 1. The van der Waals surface area contributed by atoms with Gasteiger partial charge in [-0.2, -0.15) is 0 Å². The first-order valence-electron chi connectivity index (χ1n) is 4.09. The monoisotopic (exact) mass is 215 g/mol. The average molecular weight is 215 g/mol. The molecule has 15 heavy (non-hydrogen) atoms. The lowest BCUT2D eigenvalue weighted by atomic mass is 10.0. The Labute approximate surface area is 84.6 Å². The predicted octanol–water partition coefficient (Wildman–Crippen LogP) is 0.222. The van der Waals surface area contributed by atoms with Crippen LogP contribution in [0.4, 0.5) is 4.39 Å². The summed E-state index contributed by atoms with van der Waals surface area (Å²) in [5.41, 5.74) is 4.90. The van der Waals surface area contributed by atoms with Gasteiger partial charge in [-0.05, 0) is 12.1 Å². The number of aromatic carboxylic acids is 1. The van der Waals surface area contributed by atoms with E-state index >= 15 is 0 Å². The normalized spacial score (nSPS) is 12.5. The molecule has 0 saturated carbocycles. The fourth-order valence-corrected chi connectivity index (χ4v) is 1.12. The van der Waals surface area contributed by atoms with Crippen LogP contribution in [0.15, 0.2) is 12.1 Å². The quantitative estimate of drug-likeness (QED) is 0.577. The zero-order chi connectivity index (χ0) is 11.6. The second-order valence-corrected chi connectivity index (χ2v) is 2.99. The Morgan fingerprint density at radius 2 is 2.13 bits per heavy atom. The van der Waals surface area contributed by atoms with E-state index in [1.54, 1.807) is 0 Å². The Balaban J connectivity index is 3.31. The molecule has 0 spiro atoms. The molecule has 0 radical (unpaired) electrons. The lowest BCUT2D eigenvalue weighted by Gasteiger charge is -2.12. The van der Waals surface area contributed by atoms with Crippen LogP contribution >= 0.6 is 0 Å². The summed E-state index contributed by atoms with van der Waals surface area (Å²) in [5, 5.41) is 26.6. The molecule has 0 aromatic heterocycles. The van der Waals surface area contributed by atoms with Gasteiger partial charge in [0, 0.05) is 5.56 Å². The molecule has 0 amide bonds. The summed E-state index contributed by atoms with van der Waals surface area (Å²) in [6.45, 7) is -0.518. The molecule has 82 valence electrons. The maximum absolute atomic E-state index is 13.0. The molecule has 6 heteroatoms. The van der Waals surface area contributed by atoms with E-state index in [0.717, 1.165) is 6.07 Å². The van der Waals surface area contributed by atoms with Crippen LogP contribution < -0.4 is 5.73 Å². The van der Waals surface area contributed by atoms with Gasteiger partial charge in [-0.1, -0.05) is 0 Å².